The number of pyridine rings is 1. The van der Waals surface area contributed by atoms with Crippen LogP contribution in [0.1, 0.15) is 10.6 Å². The molecule has 84 valence electrons. The second-order valence-electron chi connectivity index (χ2n) is 3.35. The van der Waals surface area contributed by atoms with E-state index in [-0.39, 0.29) is 0 Å². The van der Waals surface area contributed by atoms with Gasteiger partial charge in [-0.2, -0.15) is 0 Å². The van der Waals surface area contributed by atoms with Crippen LogP contribution in [-0.4, -0.2) is 4.98 Å². The molecule has 0 spiro atoms. The second kappa shape index (κ2) is 5.30. The highest BCUT2D eigenvalue weighted by Crippen LogP contribution is 2.21. The summed E-state index contributed by atoms with van der Waals surface area (Å²) in [6, 6.07) is 7.60. The van der Waals surface area contributed by atoms with Gasteiger partial charge in [-0.05, 0) is 24.3 Å². The summed E-state index contributed by atoms with van der Waals surface area (Å²) in [5.41, 5.74) is 7.38. The molecule has 0 amide bonds. The van der Waals surface area contributed by atoms with Crippen molar-refractivity contribution in [1.82, 2.24) is 10.3 Å². The van der Waals surface area contributed by atoms with Crippen LogP contribution in [0.25, 0.3) is 0 Å². The molecule has 0 aromatic carbocycles. The van der Waals surface area contributed by atoms with Crippen molar-refractivity contribution < 1.29 is 0 Å². The molecule has 0 atom stereocenters. The molecule has 3 nitrogen and oxygen atoms in total. The van der Waals surface area contributed by atoms with E-state index in [1.54, 1.807) is 17.5 Å². The summed E-state index contributed by atoms with van der Waals surface area (Å²) in [4.78, 5) is 5.41. The Labute approximate surface area is 103 Å². The SMILES string of the molecule is Nc1cccnc1CNCc1ccc(Cl)s1. The molecule has 0 aliphatic carbocycles. The number of halogens is 1. The predicted octanol–water partition coefficient (Wildman–Crippen LogP) is 2.67. The zero-order valence-electron chi connectivity index (χ0n) is 8.61. The van der Waals surface area contributed by atoms with Crippen LogP contribution >= 0.6 is 22.9 Å². The first kappa shape index (κ1) is 11.4. The third-order valence-electron chi connectivity index (χ3n) is 2.15. The van der Waals surface area contributed by atoms with Gasteiger partial charge in [0.1, 0.15) is 0 Å². The Morgan fingerprint density at radius 1 is 1.31 bits per heavy atom. The van der Waals surface area contributed by atoms with E-state index < -0.39 is 0 Å². The first-order valence-electron chi connectivity index (χ1n) is 4.90. The van der Waals surface area contributed by atoms with Crippen LogP contribution in [-0.2, 0) is 13.1 Å². The first-order chi connectivity index (χ1) is 7.75. The van der Waals surface area contributed by atoms with Crippen LogP contribution in [0.2, 0.25) is 4.34 Å². The van der Waals surface area contributed by atoms with Gasteiger partial charge in [0.25, 0.3) is 0 Å². The van der Waals surface area contributed by atoms with Crippen molar-refractivity contribution in [3.05, 3.63) is 45.4 Å². The number of thiophene rings is 1. The Morgan fingerprint density at radius 3 is 2.88 bits per heavy atom. The number of rotatable bonds is 4. The number of nitrogens with two attached hydrogens (primary N) is 1. The molecule has 0 aliphatic rings. The molecule has 0 fully saturated rings. The van der Waals surface area contributed by atoms with Crippen LogP contribution in [0.5, 0.6) is 0 Å². The molecule has 2 heterocycles. The van der Waals surface area contributed by atoms with Crippen LogP contribution in [0.4, 0.5) is 5.69 Å². The maximum atomic E-state index is 5.84. The maximum Gasteiger partial charge on any atom is 0.0931 e. The van der Waals surface area contributed by atoms with E-state index in [2.05, 4.69) is 10.3 Å². The van der Waals surface area contributed by atoms with Crippen molar-refractivity contribution in [3.63, 3.8) is 0 Å². The second-order valence-corrected chi connectivity index (χ2v) is 5.15. The van der Waals surface area contributed by atoms with Gasteiger partial charge in [0.2, 0.25) is 0 Å². The lowest BCUT2D eigenvalue weighted by Gasteiger charge is -2.04. The summed E-state index contributed by atoms with van der Waals surface area (Å²) in [7, 11) is 0. The number of aromatic nitrogens is 1. The van der Waals surface area contributed by atoms with Crippen molar-refractivity contribution in [1.29, 1.82) is 0 Å². The monoisotopic (exact) mass is 253 g/mol. The number of anilines is 1. The minimum absolute atomic E-state index is 0.669. The molecule has 0 unspecified atom stereocenters. The molecular formula is C11H12ClN3S. The van der Waals surface area contributed by atoms with Crippen LogP contribution in [0, 0.1) is 0 Å². The minimum Gasteiger partial charge on any atom is -0.397 e. The van der Waals surface area contributed by atoms with Gasteiger partial charge in [0, 0.05) is 24.2 Å². The van der Waals surface area contributed by atoms with Gasteiger partial charge in [-0.25, -0.2) is 0 Å². The average molecular weight is 254 g/mol. The topological polar surface area (TPSA) is 50.9 Å². The van der Waals surface area contributed by atoms with Gasteiger partial charge in [-0.15, -0.1) is 11.3 Å². The summed E-state index contributed by atoms with van der Waals surface area (Å²) < 4.78 is 0.814. The van der Waals surface area contributed by atoms with Gasteiger partial charge >= 0.3 is 0 Å². The Balaban J connectivity index is 1.87. The fourth-order valence-corrected chi connectivity index (χ4v) is 2.41. The summed E-state index contributed by atoms with van der Waals surface area (Å²) in [6.45, 7) is 1.45. The van der Waals surface area contributed by atoms with Crippen LogP contribution in [0.15, 0.2) is 30.5 Å². The largest absolute Gasteiger partial charge is 0.397 e. The molecule has 2 aromatic rings. The average Bonchev–Trinajstić information content (AvgIpc) is 2.67. The zero-order valence-corrected chi connectivity index (χ0v) is 10.2. The molecule has 0 radical (unpaired) electrons. The highest BCUT2D eigenvalue weighted by atomic mass is 35.5. The fraction of sp³-hybridized carbons (Fsp3) is 0.182. The smallest absolute Gasteiger partial charge is 0.0931 e. The Kier molecular flexibility index (Phi) is 3.77. The zero-order chi connectivity index (χ0) is 11.4. The van der Waals surface area contributed by atoms with E-state index in [1.807, 2.05) is 24.3 Å². The van der Waals surface area contributed by atoms with Gasteiger partial charge < -0.3 is 11.1 Å². The molecule has 2 rings (SSSR count). The fourth-order valence-electron chi connectivity index (χ4n) is 1.35. The minimum atomic E-state index is 0.669. The van der Waals surface area contributed by atoms with Crippen molar-refractivity contribution >= 4 is 28.6 Å². The van der Waals surface area contributed by atoms with E-state index in [0.717, 1.165) is 22.3 Å². The van der Waals surface area contributed by atoms with Gasteiger partial charge in [0.15, 0.2) is 0 Å². The van der Waals surface area contributed by atoms with Gasteiger partial charge in [-0.1, -0.05) is 11.6 Å². The maximum absolute atomic E-state index is 5.84. The molecular weight excluding hydrogens is 242 g/mol. The summed E-state index contributed by atoms with van der Waals surface area (Å²) >= 11 is 7.42. The lowest BCUT2D eigenvalue weighted by atomic mass is 10.3. The van der Waals surface area contributed by atoms with E-state index in [0.29, 0.717) is 6.54 Å². The summed E-state index contributed by atoms with van der Waals surface area (Å²) in [6.07, 6.45) is 1.75. The molecule has 2 aromatic heterocycles. The molecule has 16 heavy (non-hydrogen) atoms. The molecule has 0 aliphatic heterocycles. The van der Waals surface area contributed by atoms with E-state index in [4.69, 9.17) is 17.3 Å². The lowest BCUT2D eigenvalue weighted by molar-refractivity contribution is 0.688. The Bertz CT molecular complexity index is 470. The molecule has 0 bridgehead atoms. The Hall–Kier alpha value is -1.10. The predicted molar refractivity (Wildman–Crippen MR) is 68.5 cm³/mol. The third-order valence-corrected chi connectivity index (χ3v) is 3.38. The molecule has 0 saturated carbocycles. The van der Waals surface area contributed by atoms with Crippen LogP contribution < -0.4 is 11.1 Å². The standard InChI is InChI=1S/C11H12ClN3S/c12-11-4-3-8(16-11)6-14-7-10-9(13)2-1-5-15-10/h1-5,14H,6-7,13H2. The number of hydrogen-bond acceptors (Lipinski definition) is 4. The first-order valence-corrected chi connectivity index (χ1v) is 6.09. The van der Waals surface area contributed by atoms with E-state index in [1.165, 1.54) is 4.88 Å². The van der Waals surface area contributed by atoms with Crippen molar-refractivity contribution in [3.8, 4) is 0 Å². The van der Waals surface area contributed by atoms with Crippen molar-refractivity contribution in [2.24, 2.45) is 0 Å². The molecule has 0 saturated heterocycles. The number of nitrogens with one attached hydrogen (secondary N) is 1. The van der Waals surface area contributed by atoms with Crippen LogP contribution in [0.3, 0.4) is 0 Å². The van der Waals surface area contributed by atoms with Crippen molar-refractivity contribution in [2.75, 3.05) is 5.73 Å². The Morgan fingerprint density at radius 2 is 2.19 bits per heavy atom. The van der Waals surface area contributed by atoms with Gasteiger partial charge in [0.05, 0.1) is 15.7 Å². The third kappa shape index (κ3) is 2.95. The number of nitrogens with zero attached hydrogens (tertiary/aromatic N) is 1. The summed E-state index contributed by atoms with van der Waals surface area (Å²) in [5, 5.41) is 3.28. The van der Waals surface area contributed by atoms with Gasteiger partial charge in [-0.3, -0.25) is 4.98 Å². The van der Waals surface area contributed by atoms with E-state index >= 15 is 0 Å². The number of hydrogen-bond donors (Lipinski definition) is 2. The molecule has 5 heteroatoms. The highest BCUT2D eigenvalue weighted by Gasteiger charge is 2.00. The van der Waals surface area contributed by atoms with Crippen molar-refractivity contribution in [2.45, 2.75) is 13.1 Å². The summed E-state index contributed by atoms with van der Waals surface area (Å²) in [5.74, 6) is 0. The normalized spacial score (nSPS) is 10.6. The number of nitrogen functional groups attached to an aromatic ring is 1. The molecule has 3 N–H and O–H groups in total. The quantitative estimate of drug-likeness (QED) is 0.881. The highest BCUT2D eigenvalue weighted by molar-refractivity contribution is 7.16. The lowest BCUT2D eigenvalue weighted by Crippen LogP contribution is -2.14. The van der Waals surface area contributed by atoms with E-state index in [9.17, 15) is 0 Å².